The van der Waals surface area contributed by atoms with Gasteiger partial charge in [0, 0.05) is 53.4 Å². The van der Waals surface area contributed by atoms with Crippen LogP contribution in [0, 0.1) is 11.6 Å². The molecule has 4 heterocycles. The number of carbonyl (C=O) groups excluding carboxylic acids is 1. The normalized spacial score (nSPS) is 22.1. The van der Waals surface area contributed by atoms with Gasteiger partial charge in [-0.05, 0) is 18.2 Å². The Balaban J connectivity index is 1.67. The van der Waals surface area contributed by atoms with Gasteiger partial charge in [0.2, 0.25) is 5.91 Å². The Labute approximate surface area is 251 Å². The molecule has 0 spiro atoms. The lowest BCUT2D eigenvalue weighted by Gasteiger charge is -2.44. The van der Waals surface area contributed by atoms with Gasteiger partial charge in [-0.2, -0.15) is 18.2 Å². The minimum absolute atomic E-state index is 0.00479. The molecule has 0 N–H and O–H groups in total. The van der Waals surface area contributed by atoms with Gasteiger partial charge < -0.3 is 19.3 Å². The number of alkyl halides is 3. The number of amides is 1. The molecule has 0 aliphatic carbocycles. The number of ether oxygens (including phenoxy) is 2. The highest BCUT2D eigenvalue weighted by atomic mass is 35.5. The molecule has 3 aliphatic heterocycles. The van der Waals surface area contributed by atoms with Crippen molar-refractivity contribution in [2.45, 2.75) is 35.8 Å². The van der Waals surface area contributed by atoms with Crippen molar-refractivity contribution in [3.8, 4) is 11.1 Å². The number of rotatable bonds is 4. The van der Waals surface area contributed by atoms with Gasteiger partial charge >= 0.3 is 11.9 Å². The van der Waals surface area contributed by atoms with Crippen molar-refractivity contribution in [1.29, 1.82) is 0 Å². The second kappa shape index (κ2) is 11.1. The summed E-state index contributed by atoms with van der Waals surface area (Å²) in [5.41, 5.74) is -2.95. The fraction of sp³-hybridized carbons (Fsp3) is 0.393. The van der Waals surface area contributed by atoms with E-state index < -0.39 is 63.4 Å². The third-order valence-electron chi connectivity index (χ3n) is 8.05. The third kappa shape index (κ3) is 4.97. The van der Waals surface area contributed by atoms with Crippen molar-refractivity contribution in [3.63, 3.8) is 0 Å². The molecule has 3 aliphatic rings. The number of methoxy groups -OCH3 is 1. The van der Waals surface area contributed by atoms with Gasteiger partial charge in [0.1, 0.15) is 17.5 Å². The van der Waals surface area contributed by atoms with Gasteiger partial charge in [0.15, 0.2) is 0 Å². The van der Waals surface area contributed by atoms with E-state index in [1.807, 2.05) is 0 Å². The van der Waals surface area contributed by atoms with E-state index in [1.54, 1.807) is 9.80 Å². The molecule has 3 atom stereocenters. The molecule has 0 saturated carbocycles. The molecule has 1 amide bonds. The predicted molar refractivity (Wildman–Crippen MR) is 151 cm³/mol. The molecular formula is C28H24ClF5N4O4S. The SMILES string of the molecule is C=CC(=O)N1CCN(c2nc(=O)n3c4c(c(-c5cc(Cl)c(F)cc5F)c(C(F)(F)F)cc24)SC[C@@H](OC)C3)[C@@H]2COC[C@@H]21. The van der Waals surface area contributed by atoms with Crippen LogP contribution in [0.4, 0.5) is 27.8 Å². The van der Waals surface area contributed by atoms with Crippen LogP contribution in [0.1, 0.15) is 5.56 Å². The summed E-state index contributed by atoms with van der Waals surface area (Å²) >= 11 is 6.89. The lowest BCUT2D eigenvalue weighted by atomic mass is 9.95. The maximum Gasteiger partial charge on any atom is 0.417 e. The van der Waals surface area contributed by atoms with Crippen LogP contribution < -0.4 is 10.6 Å². The monoisotopic (exact) mass is 642 g/mol. The van der Waals surface area contributed by atoms with Crippen LogP contribution in [0.25, 0.3) is 22.0 Å². The Morgan fingerprint density at radius 1 is 1.19 bits per heavy atom. The number of halogens is 6. The topological polar surface area (TPSA) is 76.9 Å². The van der Waals surface area contributed by atoms with Crippen LogP contribution in [0.3, 0.4) is 0 Å². The van der Waals surface area contributed by atoms with E-state index in [2.05, 4.69) is 11.6 Å². The number of nitrogens with zero attached hydrogens (tertiary/aromatic N) is 4. The number of aromatic nitrogens is 2. The summed E-state index contributed by atoms with van der Waals surface area (Å²) in [4.78, 5) is 33.7. The molecule has 43 heavy (non-hydrogen) atoms. The van der Waals surface area contributed by atoms with E-state index in [9.17, 15) is 27.2 Å². The molecule has 0 radical (unpaired) electrons. The van der Waals surface area contributed by atoms with Crippen molar-refractivity contribution < 1.29 is 36.2 Å². The molecular weight excluding hydrogens is 619 g/mol. The summed E-state index contributed by atoms with van der Waals surface area (Å²) in [6, 6.07) is 1.16. The number of anilines is 1. The summed E-state index contributed by atoms with van der Waals surface area (Å²) < 4.78 is 86.3. The Morgan fingerprint density at radius 3 is 2.63 bits per heavy atom. The number of hydrogen-bond acceptors (Lipinski definition) is 7. The van der Waals surface area contributed by atoms with Crippen molar-refractivity contribution in [2.24, 2.45) is 0 Å². The number of fused-ring (bicyclic) bond motifs is 1. The molecule has 1 aromatic heterocycles. The summed E-state index contributed by atoms with van der Waals surface area (Å²) in [5, 5.41) is -0.546. The van der Waals surface area contributed by atoms with Gasteiger partial charge in [-0.1, -0.05) is 18.2 Å². The van der Waals surface area contributed by atoms with Crippen molar-refractivity contribution in [3.05, 3.63) is 63.6 Å². The first-order valence-corrected chi connectivity index (χ1v) is 14.6. The molecule has 2 aromatic carbocycles. The average molecular weight is 643 g/mol. The molecule has 228 valence electrons. The lowest BCUT2D eigenvalue weighted by Crippen LogP contribution is -2.61. The summed E-state index contributed by atoms with van der Waals surface area (Å²) in [6.07, 6.45) is -4.40. The van der Waals surface area contributed by atoms with Crippen molar-refractivity contribution in [2.75, 3.05) is 44.1 Å². The van der Waals surface area contributed by atoms with Gasteiger partial charge in [0.05, 0.1) is 54.0 Å². The highest BCUT2D eigenvalue weighted by Gasteiger charge is 2.45. The maximum absolute atomic E-state index is 15.2. The van der Waals surface area contributed by atoms with E-state index in [0.717, 1.165) is 23.9 Å². The largest absolute Gasteiger partial charge is 0.417 e. The highest BCUT2D eigenvalue weighted by Crippen LogP contribution is 2.49. The van der Waals surface area contributed by atoms with E-state index in [0.29, 0.717) is 6.07 Å². The van der Waals surface area contributed by atoms with Gasteiger partial charge in [-0.15, -0.1) is 11.8 Å². The van der Waals surface area contributed by atoms with Crippen LogP contribution >= 0.6 is 23.4 Å². The molecule has 15 heteroatoms. The maximum atomic E-state index is 15.2. The second-order valence-electron chi connectivity index (χ2n) is 10.4. The lowest BCUT2D eigenvalue weighted by molar-refractivity contribution is -0.137. The number of hydrogen-bond donors (Lipinski definition) is 0. The summed E-state index contributed by atoms with van der Waals surface area (Å²) in [5.74, 6) is -2.55. The van der Waals surface area contributed by atoms with E-state index in [1.165, 1.54) is 17.8 Å². The molecule has 2 saturated heterocycles. The first kappa shape index (κ1) is 29.9. The minimum atomic E-state index is -4.99. The molecule has 0 bridgehead atoms. The third-order valence-corrected chi connectivity index (χ3v) is 9.56. The second-order valence-corrected chi connectivity index (χ2v) is 11.8. The van der Waals surface area contributed by atoms with Crippen LogP contribution in [0.15, 0.2) is 40.5 Å². The smallest absolute Gasteiger partial charge is 0.379 e. The average Bonchev–Trinajstić information content (AvgIpc) is 3.37. The number of carbonyl (C=O) groups is 1. The standard InChI is InChI=1S/C28H24ClF5N4O4S/c1-3-22(39)36-4-5-37(21-11-42-10-20(21)36)26-15-6-16(28(32,33)34)23(14-7-17(29)19(31)8-18(14)30)25-24(15)38(27(40)35-26)9-13(41-2)12-43-25/h3,6-8,13,20-21H,1,4-5,9-12H2,2H3/t13-,20-,21+/m0/s1. The zero-order valence-corrected chi connectivity index (χ0v) is 24.2. The van der Waals surface area contributed by atoms with Crippen LogP contribution in [-0.2, 0) is 27.0 Å². The van der Waals surface area contributed by atoms with Gasteiger partial charge in [0.25, 0.3) is 0 Å². The van der Waals surface area contributed by atoms with Crippen LogP contribution in [0.5, 0.6) is 0 Å². The van der Waals surface area contributed by atoms with Crippen LogP contribution in [0.2, 0.25) is 5.02 Å². The van der Waals surface area contributed by atoms with Gasteiger partial charge in [-0.3, -0.25) is 9.36 Å². The van der Waals surface area contributed by atoms with Crippen LogP contribution in [-0.4, -0.2) is 77.7 Å². The quantitative estimate of drug-likeness (QED) is 0.231. The number of piperazine rings is 1. The van der Waals surface area contributed by atoms with Gasteiger partial charge in [-0.25, -0.2) is 13.6 Å². The molecule has 2 fully saturated rings. The Hall–Kier alpha value is -3.20. The Bertz CT molecular complexity index is 1720. The summed E-state index contributed by atoms with van der Waals surface area (Å²) in [7, 11) is 1.41. The van der Waals surface area contributed by atoms with E-state index in [4.69, 9.17) is 21.1 Å². The number of thioether (sulfide) groups is 1. The fourth-order valence-corrected chi connectivity index (χ4v) is 7.51. The van der Waals surface area contributed by atoms with Crippen molar-refractivity contribution in [1.82, 2.24) is 14.5 Å². The summed E-state index contributed by atoms with van der Waals surface area (Å²) in [6.45, 7) is 4.21. The van der Waals surface area contributed by atoms with E-state index in [-0.39, 0.29) is 66.1 Å². The minimum Gasteiger partial charge on any atom is -0.379 e. The zero-order valence-electron chi connectivity index (χ0n) is 22.6. The Morgan fingerprint density at radius 2 is 1.93 bits per heavy atom. The molecule has 6 rings (SSSR count). The molecule has 8 nitrogen and oxygen atoms in total. The highest BCUT2D eigenvalue weighted by molar-refractivity contribution is 7.99. The predicted octanol–water partition coefficient (Wildman–Crippen LogP) is 4.74. The number of benzene rings is 2. The zero-order chi connectivity index (χ0) is 30.8. The first-order chi connectivity index (χ1) is 20.4. The first-order valence-electron chi connectivity index (χ1n) is 13.2. The van der Waals surface area contributed by atoms with Crippen molar-refractivity contribution >= 4 is 46.0 Å². The fourth-order valence-electron chi connectivity index (χ4n) is 6.03. The molecule has 0 unspecified atom stereocenters. The Kier molecular flexibility index (Phi) is 7.68. The van der Waals surface area contributed by atoms with E-state index >= 15 is 4.39 Å². The molecule has 3 aromatic rings.